The number of phenols is 2. The molecule has 0 aliphatic carbocycles. The lowest BCUT2D eigenvalue weighted by molar-refractivity contribution is -0.160. The summed E-state index contributed by atoms with van der Waals surface area (Å²) in [5.41, 5.74) is -0.193. The highest BCUT2D eigenvalue weighted by Crippen LogP contribution is 2.45. The van der Waals surface area contributed by atoms with E-state index in [9.17, 15) is 34.5 Å². The fourth-order valence-electron chi connectivity index (χ4n) is 9.13. The minimum Gasteiger partial charge on any atom is -0.507 e. The second-order valence-electron chi connectivity index (χ2n) is 18.4. The fraction of sp³-hybridized carbons (Fsp3) is 0.592. The largest absolute Gasteiger partial charge is 0.507 e. The summed E-state index contributed by atoms with van der Waals surface area (Å²) in [6.07, 6.45) is 9.50. The Balaban J connectivity index is 1.71. The van der Waals surface area contributed by atoms with Crippen molar-refractivity contribution in [1.29, 1.82) is 0 Å². The number of esters is 1. The van der Waals surface area contributed by atoms with Gasteiger partial charge in [0.2, 0.25) is 5.91 Å². The third-order valence-corrected chi connectivity index (χ3v) is 12.6. The normalized spacial score (nSPS) is 26.6. The third kappa shape index (κ3) is 11.2. The van der Waals surface area contributed by atoms with Crippen LogP contribution in [-0.2, 0) is 19.1 Å². The van der Waals surface area contributed by atoms with Crippen molar-refractivity contribution < 1.29 is 44.0 Å². The minimum absolute atomic E-state index is 0.00273. The number of carbonyl (C=O) groups is 4. The number of likely N-dealkylation sites (tertiary alicyclic amines) is 1. The number of hydrogen-bond donors (Lipinski definition) is 5. The lowest BCUT2D eigenvalue weighted by Gasteiger charge is -2.36. The molecule has 1 saturated heterocycles. The van der Waals surface area contributed by atoms with Crippen LogP contribution in [0.5, 0.6) is 17.2 Å². The van der Waals surface area contributed by atoms with Gasteiger partial charge in [-0.15, -0.1) is 0 Å². The SMILES string of the molecule is CCCOc1c(C)c(O)c2c(O)c3c4c(c2c1C(=O)C/C=C/C[C@@H](C)[C@@H](OC(=O)CC(=O)NC)[C@H](C)[C@H](O)[C@H](C)C[C@@H](C)/C=C/C=C(/C)C(=O)N3)=NC1(CCN(CC(C)C)CC1)N=4. The summed E-state index contributed by atoms with van der Waals surface area (Å²) in [4.78, 5) is 66.6. The lowest BCUT2D eigenvalue weighted by Crippen LogP contribution is -2.43. The number of amides is 2. The van der Waals surface area contributed by atoms with Gasteiger partial charge < -0.3 is 40.3 Å². The summed E-state index contributed by atoms with van der Waals surface area (Å²) in [6.45, 7) is 19.9. The molecule has 344 valence electrons. The van der Waals surface area contributed by atoms with Crippen molar-refractivity contribution in [3.63, 3.8) is 0 Å². The molecular weight excluding hydrogens is 803 g/mol. The number of ketones is 1. The van der Waals surface area contributed by atoms with Gasteiger partial charge in [-0.3, -0.25) is 29.2 Å². The Kier molecular flexibility index (Phi) is 16.4. The number of Topliss-reactive ketones (excluding diaryl/α,β-unsaturated/α-hetero) is 1. The highest BCUT2D eigenvalue weighted by Gasteiger charge is 2.40. The van der Waals surface area contributed by atoms with Crippen LogP contribution >= 0.6 is 0 Å². The first kappa shape index (κ1) is 48.9. The van der Waals surface area contributed by atoms with Gasteiger partial charge in [-0.25, -0.2) is 0 Å². The molecule has 63 heavy (non-hydrogen) atoms. The highest BCUT2D eigenvalue weighted by atomic mass is 16.5. The number of hydrogen-bond acceptors (Lipinski definition) is 12. The maximum Gasteiger partial charge on any atom is 0.315 e. The van der Waals surface area contributed by atoms with E-state index < -0.39 is 53.7 Å². The molecule has 14 nitrogen and oxygen atoms in total. The van der Waals surface area contributed by atoms with Crippen LogP contribution in [0.15, 0.2) is 45.9 Å². The van der Waals surface area contributed by atoms with E-state index in [2.05, 4.69) is 29.4 Å². The summed E-state index contributed by atoms with van der Waals surface area (Å²) in [5.74, 6) is -3.17. The van der Waals surface area contributed by atoms with Gasteiger partial charge in [-0.2, -0.15) is 0 Å². The van der Waals surface area contributed by atoms with Crippen LogP contribution in [0.3, 0.4) is 0 Å². The number of aliphatic hydroxyl groups excluding tert-OH is 1. The van der Waals surface area contributed by atoms with Crippen molar-refractivity contribution in [2.45, 2.75) is 125 Å². The number of allylic oxidation sites excluding steroid dienone is 5. The molecule has 2 aromatic carbocycles. The van der Waals surface area contributed by atoms with Gasteiger partial charge in [0.05, 0.1) is 29.0 Å². The molecule has 3 heterocycles. The summed E-state index contributed by atoms with van der Waals surface area (Å²) >= 11 is 0. The molecule has 2 bridgehead atoms. The van der Waals surface area contributed by atoms with Gasteiger partial charge in [0.25, 0.3) is 5.91 Å². The lowest BCUT2D eigenvalue weighted by atomic mass is 9.80. The van der Waals surface area contributed by atoms with Crippen LogP contribution in [0.4, 0.5) is 5.69 Å². The van der Waals surface area contributed by atoms with Gasteiger partial charge in [-0.1, -0.05) is 78.8 Å². The molecule has 5 N–H and O–H groups in total. The molecule has 14 heteroatoms. The quantitative estimate of drug-likeness (QED) is 0.0861. The fourth-order valence-corrected chi connectivity index (χ4v) is 9.13. The Bertz CT molecular complexity index is 2270. The van der Waals surface area contributed by atoms with E-state index in [4.69, 9.17) is 19.5 Å². The number of anilines is 1. The number of aliphatic hydroxyl groups is 1. The van der Waals surface area contributed by atoms with Crippen molar-refractivity contribution in [3.05, 3.63) is 57.8 Å². The molecule has 0 unspecified atom stereocenters. The number of nitrogens with one attached hydrogen (secondary N) is 2. The number of aromatic hydroxyl groups is 2. The van der Waals surface area contributed by atoms with Gasteiger partial charge in [-0.05, 0) is 56.8 Å². The maximum atomic E-state index is 14.8. The van der Waals surface area contributed by atoms with E-state index in [1.165, 1.54) is 7.05 Å². The van der Waals surface area contributed by atoms with Gasteiger partial charge in [0.1, 0.15) is 35.1 Å². The van der Waals surface area contributed by atoms with E-state index in [-0.39, 0.29) is 81.0 Å². The molecule has 3 aliphatic heterocycles. The first-order valence-corrected chi connectivity index (χ1v) is 22.6. The summed E-state index contributed by atoms with van der Waals surface area (Å²) in [7, 11) is 1.44. The predicted molar refractivity (Wildman–Crippen MR) is 243 cm³/mol. The highest BCUT2D eigenvalue weighted by molar-refractivity contribution is 6.16. The Labute approximate surface area is 371 Å². The zero-order chi connectivity index (χ0) is 46.3. The van der Waals surface area contributed by atoms with Gasteiger partial charge >= 0.3 is 5.97 Å². The molecule has 1 fully saturated rings. The molecule has 0 aromatic heterocycles. The number of benzene rings is 2. The van der Waals surface area contributed by atoms with Gasteiger partial charge in [0.15, 0.2) is 17.2 Å². The number of ether oxygens (including phenoxy) is 2. The first-order chi connectivity index (χ1) is 29.8. The topological polar surface area (TPSA) is 199 Å². The van der Waals surface area contributed by atoms with Crippen LogP contribution in [0.25, 0.3) is 10.8 Å². The maximum absolute atomic E-state index is 14.8. The Morgan fingerprint density at radius 1 is 1.00 bits per heavy atom. The summed E-state index contributed by atoms with van der Waals surface area (Å²) in [6, 6.07) is 0. The van der Waals surface area contributed by atoms with Crippen molar-refractivity contribution >= 4 is 40.0 Å². The molecule has 0 radical (unpaired) electrons. The van der Waals surface area contributed by atoms with E-state index in [1.807, 2.05) is 46.8 Å². The van der Waals surface area contributed by atoms with Crippen LogP contribution in [0.1, 0.15) is 116 Å². The van der Waals surface area contributed by atoms with Crippen molar-refractivity contribution in [1.82, 2.24) is 10.2 Å². The van der Waals surface area contributed by atoms with E-state index in [0.717, 1.165) is 19.6 Å². The van der Waals surface area contributed by atoms with E-state index >= 15 is 0 Å². The molecule has 6 atom stereocenters. The van der Waals surface area contributed by atoms with E-state index in [0.29, 0.717) is 49.0 Å². The second kappa shape index (κ2) is 21.1. The molecule has 3 aliphatic rings. The Morgan fingerprint density at radius 2 is 1.68 bits per heavy atom. The molecule has 1 spiro atoms. The summed E-state index contributed by atoms with van der Waals surface area (Å²) < 4.78 is 12.2. The van der Waals surface area contributed by atoms with Crippen molar-refractivity contribution in [3.8, 4) is 17.2 Å². The third-order valence-electron chi connectivity index (χ3n) is 12.6. The van der Waals surface area contributed by atoms with E-state index in [1.54, 1.807) is 32.1 Å². The molecule has 0 saturated carbocycles. The molecule has 2 aromatic rings. The number of rotatable bonds is 8. The van der Waals surface area contributed by atoms with Crippen LogP contribution < -0.4 is 26.1 Å². The standard InChI is InChI=1S/C49H69N5O9/c1-11-23-62-47-33(9)44(59)39-38-37(47)34(55)18-13-12-16-29(5)46(63-36(57)25-35(56)50-10)32(8)43(58)31(7)24-28(4)15-14-17-30(6)48(61)51-42(45(39)60)41-40(38)52-49(53-41)19-21-54(22-20-49)26-27(2)3/h12-15,17,27-29,31-32,43,46,58-60H,11,16,18-26H2,1-10H3,(H,50,56)(H,51,61)/b13-12+,15-14+,30-17-/t28-,29+,31+,32+,43+,46+/m0/s1. The zero-order valence-corrected chi connectivity index (χ0v) is 38.8. The van der Waals surface area contributed by atoms with Crippen LogP contribution in [0.2, 0.25) is 0 Å². The molecule has 5 rings (SSSR count). The van der Waals surface area contributed by atoms with Crippen LogP contribution in [-0.4, -0.2) is 94.9 Å². The zero-order valence-electron chi connectivity index (χ0n) is 38.8. The van der Waals surface area contributed by atoms with Crippen molar-refractivity contribution in [2.24, 2.45) is 39.6 Å². The van der Waals surface area contributed by atoms with Gasteiger partial charge in [0, 0.05) is 68.4 Å². The molecular formula is C49H69N5O9. The number of phenolic OH excluding ortho intramolecular Hbond substituents is 2. The monoisotopic (exact) mass is 872 g/mol. The molecule has 2 amide bonds. The summed E-state index contributed by atoms with van der Waals surface area (Å²) in [5, 5.41) is 41.8. The first-order valence-electron chi connectivity index (χ1n) is 22.6. The Morgan fingerprint density at radius 3 is 2.33 bits per heavy atom. The second-order valence-corrected chi connectivity index (χ2v) is 18.4. The number of piperidine rings is 1. The van der Waals surface area contributed by atoms with Crippen molar-refractivity contribution in [2.75, 3.05) is 38.6 Å². The average Bonchev–Trinajstić information content (AvgIpc) is 3.61. The predicted octanol–water partition coefficient (Wildman–Crippen LogP) is 6.37. The Hall–Kier alpha value is -5.08. The minimum atomic E-state index is -0.922. The van der Waals surface area contributed by atoms with Crippen LogP contribution in [0, 0.1) is 36.5 Å². The average molecular weight is 872 g/mol. The number of nitrogens with zero attached hydrogens (tertiary/aromatic N) is 3. The smallest absolute Gasteiger partial charge is 0.315 e. The number of carbonyl (C=O) groups excluding carboxylic acids is 4.